The maximum atomic E-state index is 6.13. The van der Waals surface area contributed by atoms with Crippen molar-refractivity contribution in [3.63, 3.8) is 0 Å². The Kier molecular flexibility index (Phi) is 4.09. The first-order valence-electron chi connectivity index (χ1n) is 6.81. The van der Waals surface area contributed by atoms with Crippen LogP contribution in [0.1, 0.15) is 30.8 Å². The highest BCUT2D eigenvalue weighted by Gasteiger charge is 2.33. The highest BCUT2D eigenvalue weighted by atomic mass is 16.5. The maximum Gasteiger partial charge on any atom is 0.288 e. The second-order valence-corrected chi connectivity index (χ2v) is 5.59. The summed E-state index contributed by atoms with van der Waals surface area (Å²) in [7, 11) is 4.08. The number of imidazole rings is 1. The molecule has 3 heteroatoms. The molecule has 0 bridgehead atoms. The number of aromatic nitrogens is 2. The largest absolute Gasteiger partial charge is 0.358 e. The van der Waals surface area contributed by atoms with E-state index in [0.717, 1.165) is 11.4 Å². The fourth-order valence-corrected chi connectivity index (χ4v) is 2.52. The topological polar surface area (TPSA) is 18.0 Å². The van der Waals surface area contributed by atoms with Gasteiger partial charge in [-0.3, -0.25) is 0 Å². The number of benzene rings is 1. The summed E-state index contributed by atoms with van der Waals surface area (Å²) >= 11 is 0. The predicted octanol–water partition coefficient (Wildman–Crippen LogP) is 2.94. The van der Waals surface area contributed by atoms with Gasteiger partial charge >= 0.3 is 0 Å². The highest BCUT2D eigenvalue weighted by Crippen LogP contribution is 2.23. The lowest BCUT2D eigenvalue weighted by Crippen LogP contribution is -2.41. The molecule has 0 amide bonds. The lowest BCUT2D eigenvalue weighted by Gasteiger charge is -2.22. The van der Waals surface area contributed by atoms with E-state index in [1.165, 1.54) is 5.56 Å². The molecule has 0 aliphatic heterocycles. The van der Waals surface area contributed by atoms with Gasteiger partial charge in [0.2, 0.25) is 0 Å². The van der Waals surface area contributed by atoms with Crippen molar-refractivity contribution in [1.82, 2.24) is 4.57 Å². The molecule has 0 saturated carbocycles. The molecule has 1 heterocycles. The number of nitrogens with zero attached hydrogens (tertiary/aromatic N) is 2. The number of aryl methyl sites for hydroxylation is 2. The van der Waals surface area contributed by atoms with Gasteiger partial charge in [-0.1, -0.05) is 36.9 Å². The normalized spacial score (nSPS) is 11.6. The first kappa shape index (κ1) is 14.5. The Morgan fingerprint density at radius 2 is 1.95 bits per heavy atom. The van der Waals surface area contributed by atoms with Crippen LogP contribution in [0.15, 0.2) is 43.2 Å². The predicted molar refractivity (Wildman–Crippen MR) is 80.9 cm³/mol. The molecule has 3 nitrogen and oxygen atoms in total. The molecule has 0 atom stereocenters. The molecule has 1 aromatic heterocycles. The van der Waals surface area contributed by atoms with Crippen LogP contribution in [0.5, 0.6) is 0 Å². The smallest absolute Gasteiger partial charge is 0.288 e. The third kappa shape index (κ3) is 2.99. The van der Waals surface area contributed by atoms with Crippen molar-refractivity contribution in [1.29, 1.82) is 0 Å². The van der Waals surface area contributed by atoms with Crippen molar-refractivity contribution in [3.8, 4) is 0 Å². The van der Waals surface area contributed by atoms with Crippen LogP contribution in [0.25, 0.3) is 6.08 Å². The van der Waals surface area contributed by atoms with Gasteiger partial charge in [0.15, 0.2) is 5.60 Å². The van der Waals surface area contributed by atoms with Gasteiger partial charge in [0.1, 0.15) is 12.4 Å². The van der Waals surface area contributed by atoms with Gasteiger partial charge in [-0.2, -0.15) is 0 Å². The lowest BCUT2D eigenvalue weighted by atomic mass is 10.1. The molecule has 0 aliphatic rings. The molecule has 0 radical (unpaired) electrons. The van der Waals surface area contributed by atoms with E-state index in [0.29, 0.717) is 6.61 Å². The Labute approximate surface area is 121 Å². The van der Waals surface area contributed by atoms with Crippen molar-refractivity contribution in [3.05, 3.63) is 60.2 Å². The zero-order chi connectivity index (χ0) is 14.8. The van der Waals surface area contributed by atoms with Gasteiger partial charge in [-0.15, -0.1) is 0 Å². The minimum Gasteiger partial charge on any atom is -0.358 e. The molecule has 0 N–H and O–H groups in total. The van der Waals surface area contributed by atoms with E-state index in [4.69, 9.17) is 4.74 Å². The van der Waals surface area contributed by atoms with Crippen LogP contribution in [-0.2, 0) is 31.0 Å². The van der Waals surface area contributed by atoms with Crippen LogP contribution in [0.4, 0.5) is 0 Å². The molecule has 0 saturated heterocycles. The summed E-state index contributed by atoms with van der Waals surface area (Å²) in [5.74, 6) is 1.14. The van der Waals surface area contributed by atoms with Gasteiger partial charge in [-0.25, -0.2) is 9.13 Å². The fourth-order valence-electron chi connectivity index (χ4n) is 2.52. The van der Waals surface area contributed by atoms with E-state index < -0.39 is 0 Å². The summed E-state index contributed by atoms with van der Waals surface area (Å²) in [4.78, 5) is 0. The van der Waals surface area contributed by atoms with E-state index in [9.17, 15) is 0 Å². The molecular formula is C17H23N2O+. The Morgan fingerprint density at radius 1 is 1.30 bits per heavy atom. The van der Waals surface area contributed by atoms with E-state index >= 15 is 0 Å². The van der Waals surface area contributed by atoms with Crippen LogP contribution in [0.3, 0.4) is 0 Å². The van der Waals surface area contributed by atoms with E-state index in [1.807, 2.05) is 32.6 Å². The Bertz CT molecular complexity index is 574. The molecule has 0 aliphatic carbocycles. The van der Waals surface area contributed by atoms with Gasteiger partial charge < -0.3 is 4.74 Å². The number of ether oxygens (including phenoxy) is 1. The van der Waals surface area contributed by atoms with Gasteiger partial charge in [0.05, 0.1) is 20.7 Å². The van der Waals surface area contributed by atoms with Crippen LogP contribution in [-0.4, -0.2) is 4.57 Å². The third-order valence-corrected chi connectivity index (χ3v) is 3.54. The fraction of sp³-hybridized carbons (Fsp3) is 0.353. The van der Waals surface area contributed by atoms with Gasteiger partial charge in [0.25, 0.3) is 5.82 Å². The quantitative estimate of drug-likeness (QED) is 0.765. The van der Waals surface area contributed by atoms with Crippen molar-refractivity contribution in [2.75, 3.05) is 0 Å². The summed E-state index contributed by atoms with van der Waals surface area (Å²) in [6.45, 7) is 8.55. The van der Waals surface area contributed by atoms with Crippen LogP contribution >= 0.6 is 0 Å². The number of hydrogen-bond donors (Lipinski definition) is 0. The minimum atomic E-state index is -0.343. The Balaban J connectivity index is 2.10. The van der Waals surface area contributed by atoms with Crippen molar-refractivity contribution >= 4 is 6.08 Å². The summed E-state index contributed by atoms with van der Waals surface area (Å²) in [5.41, 5.74) is 1.95. The summed E-state index contributed by atoms with van der Waals surface area (Å²) in [6, 6.07) is 8.28. The summed E-state index contributed by atoms with van der Waals surface area (Å²) in [6.07, 6.45) is 5.93. The van der Waals surface area contributed by atoms with Crippen molar-refractivity contribution in [2.45, 2.75) is 26.1 Å². The van der Waals surface area contributed by atoms with E-state index in [1.54, 1.807) is 0 Å². The highest BCUT2D eigenvalue weighted by molar-refractivity contribution is 5.47. The summed E-state index contributed by atoms with van der Waals surface area (Å²) < 4.78 is 10.3. The van der Waals surface area contributed by atoms with E-state index in [2.05, 4.69) is 53.8 Å². The van der Waals surface area contributed by atoms with Crippen LogP contribution < -0.4 is 4.57 Å². The van der Waals surface area contributed by atoms with E-state index in [-0.39, 0.29) is 5.60 Å². The van der Waals surface area contributed by atoms with Crippen molar-refractivity contribution in [2.24, 2.45) is 14.1 Å². The standard InChI is InChI=1S/C17H23N2O/c1-6-14-7-9-15(10-8-14)13-20-17(2,3)16-18(4)11-12-19(16)5/h6-12H,1,13H2,2-5H3/q+1. The third-order valence-electron chi connectivity index (χ3n) is 3.54. The molecule has 0 fully saturated rings. The molecule has 0 spiro atoms. The zero-order valence-corrected chi connectivity index (χ0v) is 12.8. The monoisotopic (exact) mass is 271 g/mol. The minimum absolute atomic E-state index is 0.343. The summed E-state index contributed by atoms with van der Waals surface area (Å²) in [5, 5.41) is 0. The molecule has 1 aromatic carbocycles. The van der Waals surface area contributed by atoms with Gasteiger partial charge in [-0.05, 0) is 25.0 Å². The maximum absolute atomic E-state index is 6.13. The second kappa shape index (κ2) is 5.63. The molecule has 0 unspecified atom stereocenters. The average Bonchev–Trinajstić information content (AvgIpc) is 2.77. The molecular weight excluding hydrogens is 248 g/mol. The van der Waals surface area contributed by atoms with Crippen molar-refractivity contribution < 1.29 is 9.30 Å². The molecule has 106 valence electrons. The molecule has 2 aromatic rings. The van der Waals surface area contributed by atoms with Crippen LogP contribution in [0, 0.1) is 0 Å². The Hall–Kier alpha value is -1.87. The second-order valence-electron chi connectivity index (χ2n) is 5.59. The number of hydrogen-bond acceptors (Lipinski definition) is 1. The molecule has 2 rings (SSSR count). The number of rotatable bonds is 5. The first-order chi connectivity index (χ1) is 9.44. The van der Waals surface area contributed by atoms with Crippen LogP contribution in [0.2, 0.25) is 0 Å². The average molecular weight is 271 g/mol. The lowest BCUT2D eigenvalue weighted by molar-refractivity contribution is -0.686. The SMILES string of the molecule is C=Cc1ccc(COC(C)(C)c2n(C)cc[n+]2C)cc1. The zero-order valence-electron chi connectivity index (χ0n) is 12.8. The first-order valence-corrected chi connectivity index (χ1v) is 6.81. The molecule has 20 heavy (non-hydrogen) atoms. The van der Waals surface area contributed by atoms with Gasteiger partial charge in [0, 0.05) is 0 Å². The Morgan fingerprint density at radius 3 is 2.45 bits per heavy atom.